The Morgan fingerprint density at radius 3 is 2.26 bits per heavy atom. The Hall–Kier alpha value is -4.00. The Bertz CT molecular complexity index is 1330. The molecule has 0 aliphatic carbocycles. The first kappa shape index (κ1) is 29.6. The Balaban J connectivity index is 1.56. The molecule has 2 N–H and O–H groups in total. The van der Waals surface area contributed by atoms with Crippen molar-refractivity contribution >= 4 is 40.6 Å². The third-order valence-electron chi connectivity index (χ3n) is 6.98. The lowest BCUT2D eigenvalue weighted by Gasteiger charge is -2.24. The molecule has 13 nitrogen and oxygen atoms in total. The zero-order valence-corrected chi connectivity index (χ0v) is 23.2. The minimum Gasteiger partial charge on any atom is -0.344 e. The Morgan fingerprint density at radius 1 is 0.974 bits per heavy atom. The molecular formula is C26H37N7O6. The van der Waals surface area contributed by atoms with E-state index in [1.165, 1.54) is 26.0 Å². The number of fused-ring (bicyclic) bond motifs is 1. The van der Waals surface area contributed by atoms with Gasteiger partial charge < -0.3 is 20.0 Å². The van der Waals surface area contributed by atoms with Gasteiger partial charge in [-0.3, -0.25) is 38.4 Å². The van der Waals surface area contributed by atoms with Crippen molar-refractivity contribution in [2.24, 2.45) is 7.05 Å². The first-order chi connectivity index (χ1) is 18.4. The molecule has 0 saturated carbocycles. The summed E-state index contributed by atoms with van der Waals surface area (Å²) in [7, 11) is 8.05. The van der Waals surface area contributed by atoms with Crippen LogP contribution in [0.1, 0.15) is 30.9 Å². The summed E-state index contributed by atoms with van der Waals surface area (Å²) in [5.74, 6) is -1.56. The van der Waals surface area contributed by atoms with Gasteiger partial charge in [0.15, 0.2) is 0 Å². The molecular weight excluding hydrogens is 506 g/mol. The van der Waals surface area contributed by atoms with Crippen molar-refractivity contribution in [3.05, 3.63) is 34.2 Å². The number of benzene rings is 1. The van der Waals surface area contributed by atoms with Crippen LogP contribution in [0.25, 0.3) is 11.0 Å². The van der Waals surface area contributed by atoms with E-state index in [-0.39, 0.29) is 61.8 Å². The highest BCUT2D eigenvalue weighted by Gasteiger charge is 2.31. The lowest BCUT2D eigenvalue weighted by molar-refractivity contribution is -0.141. The minimum atomic E-state index is -0.733. The highest BCUT2D eigenvalue weighted by Crippen LogP contribution is 2.24. The lowest BCUT2D eigenvalue weighted by atomic mass is 10.1. The number of likely N-dealkylation sites (N-methyl/N-ethyl adjacent to an activating group) is 4. The van der Waals surface area contributed by atoms with E-state index in [0.717, 1.165) is 5.56 Å². The molecule has 1 unspecified atom stereocenters. The average Bonchev–Trinajstić information content (AvgIpc) is 3.13. The predicted octanol–water partition coefficient (Wildman–Crippen LogP) is -1.16. The van der Waals surface area contributed by atoms with Gasteiger partial charge in [0.25, 0.3) is 0 Å². The molecule has 39 heavy (non-hydrogen) atoms. The molecule has 1 aromatic heterocycles. The number of aromatic nitrogens is 2. The van der Waals surface area contributed by atoms with Gasteiger partial charge in [0.1, 0.15) is 6.04 Å². The van der Waals surface area contributed by atoms with E-state index in [4.69, 9.17) is 0 Å². The maximum atomic E-state index is 12.9. The van der Waals surface area contributed by atoms with Gasteiger partial charge in [-0.15, -0.1) is 0 Å². The van der Waals surface area contributed by atoms with E-state index in [1.54, 1.807) is 33.1 Å². The maximum Gasteiger partial charge on any atom is 0.329 e. The third-order valence-corrected chi connectivity index (χ3v) is 6.98. The molecule has 1 fully saturated rings. The Morgan fingerprint density at radius 2 is 1.62 bits per heavy atom. The molecule has 3 rings (SSSR count). The fourth-order valence-corrected chi connectivity index (χ4v) is 4.55. The number of imidazole rings is 1. The molecule has 1 saturated heterocycles. The van der Waals surface area contributed by atoms with Crippen molar-refractivity contribution < 1.29 is 24.0 Å². The molecule has 0 bridgehead atoms. The number of rotatable bonds is 11. The number of carbonyl (C=O) groups is 5. The van der Waals surface area contributed by atoms with E-state index in [9.17, 15) is 28.8 Å². The van der Waals surface area contributed by atoms with Crippen LogP contribution in [0.4, 0.5) is 0 Å². The van der Waals surface area contributed by atoms with Gasteiger partial charge in [0.2, 0.25) is 29.5 Å². The maximum absolute atomic E-state index is 12.9. The van der Waals surface area contributed by atoms with Crippen molar-refractivity contribution in [2.75, 3.05) is 54.4 Å². The largest absolute Gasteiger partial charge is 0.344 e. The topological polar surface area (TPSA) is 146 Å². The summed E-state index contributed by atoms with van der Waals surface area (Å²) in [6, 6.07) is 4.87. The van der Waals surface area contributed by atoms with Crippen molar-refractivity contribution in [3.8, 4) is 0 Å². The molecule has 1 aliphatic heterocycles. The first-order valence-corrected chi connectivity index (χ1v) is 12.8. The number of hydrogen-bond acceptors (Lipinski definition) is 7. The van der Waals surface area contributed by atoms with Gasteiger partial charge in [0, 0.05) is 41.2 Å². The van der Waals surface area contributed by atoms with Crippen LogP contribution in [0.5, 0.6) is 0 Å². The van der Waals surface area contributed by atoms with Crippen LogP contribution in [0, 0.1) is 0 Å². The number of nitrogens with one attached hydrogen (secondary N) is 2. The van der Waals surface area contributed by atoms with Crippen molar-refractivity contribution in [1.82, 2.24) is 34.5 Å². The zero-order chi connectivity index (χ0) is 28.9. The minimum absolute atomic E-state index is 0.0919. The Kier molecular flexibility index (Phi) is 9.62. The monoisotopic (exact) mass is 543 g/mol. The van der Waals surface area contributed by atoms with Gasteiger partial charge in [-0.25, -0.2) is 4.79 Å². The van der Waals surface area contributed by atoms with Crippen LogP contribution in [0.2, 0.25) is 0 Å². The number of aryl methyl sites for hydroxylation is 2. The molecule has 0 radical (unpaired) electrons. The Labute approximate surface area is 226 Å². The summed E-state index contributed by atoms with van der Waals surface area (Å²) in [4.78, 5) is 77.9. The van der Waals surface area contributed by atoms with Gasteiger partial charge >= 0.3 is 5.69 Å². The van der Waals surface area contributed by atoms with E-state index in [1.807, 2.05) is 18.2 Å². The average molecular weight is 544 g/mol. The SMILES string of the molecule is CNCC(=O)N(C)CC(=O)N(C)CC(=O)N(C)CCCc1ccc2c(c1)n(C)c(=O)n2C1CCC(=O)NC1=O. The van der Waals surface area contributed by atoms with Crippen LogP contribution >= 0.6 is 0 Å². The molecule has 1 aromatic carbocycles. The summed E-state index contributed by atoms with van der Waals surface area (Å²) >= 11 is 0. The van der Waals surface area contributed by atoms with E-state index >= 15 is 0 Å². The lowest BCUT2D eigenvalue weighted by Crippen LogP contribution is -2.45. The van der Waals surface area contributed by atoms with Crippen LogP contribution in [0.3, 0.4) is 0 Å². The number of imide groups is 1. The number of carbonyl (C=O) groups excluding carboxylic acids is 5. The molecule has 212 valence electrons. The second-order valence-electron chi connectivity index (χ2n) is 9.95. The smallest absolute Gasteiger partial charge is 0.329 e. The molecule has 2 aromatic rings. The number of piperidine rings is 1. The molecule has 13 heteroatoms. The van der Waals surface area contributed by atoms with Gasteiger partial charge in [-0.05, 0) is 44.0 Å². The highest BCUT2D eigenvalue weighted by molar-refractivity contribution is 6.00. The van der Waals surface area contributed by atoms with Crippen LogP contribution in [0.15, 0.2) is 23.0 Å². The van der Waals surface area contributed by atoms with Crippen LogP contribution in [-0.2, 0) is 37.4 Å². The fourth-order valence-electron chi connectivity index (χ4n) is 4.55. The van der Waals surface area contributed by atoms with Crippen LogP contribution < -0.4 is 16.3 Å². The summed E-state index contributed by atoms with van der Waals surface area (Å²) in [6.07, 6.45) is 1.77. The highest BCUT2D eigenvalue weighted by atomic mass is 16.2. The number of hydrogen-bond donors (Lipinski definition) is 2. The standard InChI is InChI=1S/C26H37N7O6/c1-27-14-22(35)30(3)16-24(37)31(4)15-23(36)29(2)12-6-7-17-8-9-18-20(13-17)32(5)26(39)33(18)19-10-11-21(34)28-25(19)38/h8-9,13,19,27H,6-7,10-12,14-16H2,1-5H3,(H,28,34,38). The third kappa shape index (κ3) is 6.91. The van der Waals surface area contributed by atoms with Gasteiger partial charge in [0.05, 0.1) is 30.7 Å². The summed E-state index contributed by atoms with van der Waals surface area (Å²) in [5.41, 5.74) is 1.96. The van der Waals surface area contributed by atoms with Gasteiger partial charge in [-0.1, -0.05) is 6.07 Å². The molecule has 0 spiro atoms. The van der Waals surface area contributed by atoms with E-state index in [0.29, 0.717) is 30.4 Å². The number of nitrogens with zero attached hydrogens (tertiary/aromatic N) is 5. The van der Waals surface area contributed by atoms with Gasteiger partial charge in [-0.2, -0.15) is 0 Å². The molecule has 1 aliphatic rings. The quantitative estimate of drug-likeness (QED) is 0.340. The second-order valence-corrected chi connectivity index (χ2v) is 9.95. The van der Waals surface area contributed by atoms with Crippen molar-refractivity contribution in [3.63, 3.8) is 0 Å². The molecule has 2 heterocycles. The molecule has 5 amide bonds. The normalized spacial score (nSPS) is 15.3. The van der Waals surface area contributed by atoms with Crippen molar-refractivity contribution in [1.29, 1.82) is 0 Å². The van der Waals surface area contributed by atoms with E-state index in [2.05, 4.69) is 10.6 Å². The first-order valence-electron chi connectivity index (χ1n) is 12.8. The van der Waals surface area contributed by atoms with Crippen molar-refractivity contribution in [2.45, 2.75) is 31.7 Å². The summed E-state index contributed by atoms with van der Waals surface area (Å²) in [6.45, 7) is 0.398. The zero-order valence-electron chi connectivity index (χ0n) is 23.2. The fraction of sp³-hybridized carbons (Fsp3) is 0.538. The number of amides is 5. The summed E-state index contributed by atoms with van der Waals surface area (Å²) < 4.78 is 2.94. The predicted molar refractivity (Wildman–Crippen MR) is 144 cm³/mol. The summed E-state index contributed by atoms with van der Waals surface area (Å²) in [5, 5.41) is 5.05. The second kappa shape index (κ2) is 12.7. The van der Waals surface area contributed by atoms with Crippen LogP contribution in [-0.4, -0.2) is 108 Å². The molecule has 1 atom stereocenters. The van der Waals surface area contributed by atoms with E-state index < -0.39 is 11.9 Å².